The summed E-state index contributed by atoms with van der Waals surface area (Å²) in [4.78, 5) is 12.5. The predicted molar refractivity (Wildman–Crippen MR) is 241 cm³/mol. The lowest BCUT2D eigenvalue weighted by Gasteiger charge is -2.23. The van der Waals surface area contributed by atoms with Gasteiger partial charge in [-0.15, -0.1) is 0 Å². The first kappa shape index (κ1) is 54.1. The zero-order valence-electron chi connectivity index (χ0n) is 37.3. The fourth-order valence-corrected chi connectivity index (χ4v) is 7.99. The predicted octanol–water partition coefficient (Wildman–Crippen LogP) is 14.8. The number of hydrogen-bond acceptors (Lipinski definition) is 4. The van der Waals surface area contributed by atoms with E-state index < -0.39 is 18.2 Å². The van der Waals surface area contributed by atoms with Gasteiger partial charge in [-0.1, -0.05) is 244 Å². The summed E-state index contributed by atoms with van der Waals surface area (Å²) in [5.74, 6) is -0.283. The molecule has 5 nitrogen and oxygen atoms in total. The summed E-state index contributed by atoms with van der Waals surface area (Å²) in [7, 11) is 0. The summed E-state index contributed by atoms with van der Waals surface area (Å²) in [6.45, 7) is 4.29. The van der Waals surface area contributed by atoms with Crippen molar-refractivity contribution >= 4 is 5.91 Å². The lowest BCUT2D eigenvalue weighted by Crippen LogP contribution is -2.46. The molecule has 328 valence electrons. The molecular formula is C50H99NO4. The quantitative estimate of drug-likeness (QED) is 0.0366. The van der Waals surface area contributed by atoms with E-state index in [4.69, 9.17) is 0 Å². The average Bonchev–Trinajstić information content (AvgIpc) is 3.18. The molecule has 0 radical (unpaired) electrons. The van der Waals surface area contributed by atoms with Crippen molar-refractivity contribution in [1.82, 2.24) is 5.32 Å². The van der Waals surface area contributed by atoms with Crippen LogP contribution in [0, 0.1) is 0 Å². The molecule has 1 amide bonds. The number of rotatable bonds is 46. The number of aliphatic hydroxyl groups is 3. The molecule has 55 heavy (non-hydrogen) atoms. The number of hydrogen-bond donors (Lipinski definition) is 4. The van der Waals surface area contributed by atoms with E-state index in [1.807, 2.05) is 0 Å². The van der Waals surface area contributed by atoms with E-state index in [1.54, 1.807) is 0 Å². The van der Waals surface area contributed by atoms with Crippen LogP contribution in [0.15, 0.2) is 12.2 Å². The number of aliphatic hydroxyl groups excluding tert-OH is 3. The van der Waals surface area contributed by atoms with E-state index in [0.717, 1.165) is 32.1 Å². The average molecular weight is 778 g/mol. The molecule has 0 aromatic carbocycles. The van der Waals surface area contributed by atoms with Gasteiger partial charge in [0.25, 0.3) is 0 Å². The van der Waals surface area contributed by atoms with Gasteiger partial charge in [0.15, 0.2) is 0 Å². The summed E-state index contributed by atoms with van der Waals surface area (Å²) < 4.78 is 0. The third kappa shape index (κ3) is 42.5. The Morgan fingerprint density at radius 3 is 1.05 bits per heavy atom. The van der Waals surface area contributed by atoms with E-state index in [1.165, 1.54) is 212 Å². The van der Waals surface area contributed by atoms with Crippen LogP contribution in [-0.4, -0.2) is 46.1 Å². The Bertz CT molecular complexity index is 773. The Kier molecular flexibility index (Phi) is 45.0. The van der Waals surface area contributed by atoms with Gasteiger partial charge in [-0.2, -0.15) is 0 Å². The maximum atomic E-state index is 12.5. The number of carbonyl (C=O) groups excluding carboxylic acids is 1. The lowest BCUT2D eigenvalue weighted by atomic mass is 10.0. The van der Waals surface area contributed by atoms with Crippen LogP contribution in [0.1, 0.15) is 277 Å². The minimum absolute atomic E-state index is 0.0341. The smallest absolute Gasteiger partial charge is 0.222 e. The van der Waals surface area contributed by atoms with E-state index in [0.29, 0.717) is 12.8 Å². The molecule has 0 bridgehead atoms. The Morgan fingerprint density at radius 1 is 0.436 bits per heavy atom. The van der Waals surface area contributed by atoms with Crippen molar-refractivity contribution in [3.8, 4) is 0 Å². The van der Waals surface area contributed by atoms with Gasteiger partial charge in [0.2, 0.25) is 5.91 Å². The molecule has 0 saturated heterocycles. The first-order chi connectivity index (χ1) is 27.0. The molecule has 3 unspecified atom stereocenters. The topological polar surface area (TPSA) is 89.8 Å². The summed E-state index contributed by atoms with van der Waals surface area (Å²) in [6.07, 6.45) is 54.8. The summed E-state index contributed by atoms with van der Waals surface area (Å²) in [5.41, 5.74) is 0. The van der Waals surface area contributed by atoms with Crippen LogP contribution in [0.3, 0.4) is 0 Å². The van der Waals surface area contributed by atoms with Crippen molar-refractivity contribution in [1.29, 1.82) is 0 Å². The zero-order valence-corrected chi connectivity index (χ0v) is 37.3. The highest BCUT2D eigenvalue weighted by atomic mass is 16.3. The number of unbranched alkanes of at least 4 members (excludes halogenated alkanes) is 35. The molecule has 3 atom stereocenters. The molecule has 0 saturated carbocycles. The van der Waals surface area contributed by atoms with Crippen molar-refractivity contribution in [3.63, 3.8) is 0 Å². The van der Waals surface area contributed by atoms with E-state index in [2.05, 4.69) is 31.3 Å². The molecule has 0 aliphatic heterocycles. The van der Waals surface area contributed by atoms with Crippen molar-refractivity contribution in [2.75, 3.05) is 6.61 Å². The highest BCUT2D eigenvalue weighted by Gasteiger charge is 2.21. The van der Waals surface area contributed by atoms with Crippen molar-refractivity contribution in [2.24, 2.45) is 0 Å². The molecule has 0 spiro atoms. The standard InChI is InChI=1S/C50H99NO4/c1-3-5-7-9-11-13-15-17-19-21-23-24-25-26-28-30-32-34-36-38-40-42-44-49(54)48(46-52)51-50(55)45-47(53)43-41-39-37-35-33-31-29-27-22-20-18-16-14-12-10-8-6-4-2/h27,29,47-49,52-54H,3-26,28,30-46H2,1-2H3,(H,51,55)/b29-27-. The Labute approximate surface area is 344 Å². The van der Waals surface area contributed by atoms with Crippen LogP contribution in [0.4, 0.5) is 0 Å². The van der Waals surface area contributed by atoms with Gasteiger partial charge in [0.05, 0.1) is 31.3 Å². The van der Waals surface area contributed by atoms with Gasteiger partial charge in [-0.05, 0) is 38.5 Å². The van der Waals surface area contributed by atoms with Crippen molar-refractivity contribution in [2.45, 2.75) is 295 Å². The van der Waals surface area contributed by atoms with Gasteiger partial charge in [0.1, 0.15) is 0 Å². The Morgan fingerprint density at radius 2 is 0.727 bits per heavy atom. The van der Waals surface area contributed by atoms with Crippen LogP contribution in [0.5, 0.6) is 0 Å². The van der Waals surface area contributed by atoms with Crippen LogP contribution >= 0.6 is 0 Å². The van der Waals surface area contributed by atoms with Crippen LogP contribution < -0.4 is 5.32 Å². The normalized spacial score (nSPS) is 13.5. The molecule has 0 fully saturated rings. The Balaban J connectivity index is 3.56. The molecule has 0 aliphatic rings. The van der Waals surface area contributed by atoms with Gasteiger partial charge in [-0.3, -0.25) is 4.79 Å². The second-order valence-electron chi connectivity index (χ2n) is 17.4. The minimum atomic E-state index is -0.749. The number of nitrogens with one attached hydrogen (secondary N) is 1. The third-order valence-corrected chi connectivity index (χ3v) is 11.8. The first-order valence-corrected chi connectivity index (χ1v) is 25.0. The Hall–Kier alpha value is -0.910. The fraction of sp³-hybridized carbons (Fsp3) is 0.940. The molecule has 5 heteroatoms. The number of carbonyl (C=O) groups is 1. The number of allylic oxidation sites excluding steroid dienone is 2. The third-order valence-electron chi connectivity index (χ3n) is 11.8. The highest BCUT2D eigenvalue weighted by molar-refractivity contribution is 5.76. The lowest BCUT2D eigenvalue weighted by molar-refractivity contribution is -0.125. The summed E-state index contributed by atoms with van der Waals surface area (Å²) in [6, 6.07) is -0.659. The SMILES string of the molecule is CCCCCCCCCCC/C=C\CCCCCCCC(O)CC(=O)NC(CO)C(O)CCCCCCCCCCCCCCCCCCCCCCCC. The molecule has 0 heterocycles. The van der Waals surface area contributed by atoms with Crippen LogP contribution in [0.2, 0.25) is 0 Å². The van der Waals surface area contributed by atoms with Gasteiger partial charge in [0, 0.05) is 0 Å². The fourth-order valence-electron chi connectivity index (χ4n) is 7.99. The van der Waals surface area contributed by atoms with Crippen molar-refractivity contribution in [3.05, 3.63) is 12.2 Å². The summed E-state index contributed by atoms with van der Waals surface area (Å²) >= 11 is 0. The van der Waals surface area contributed by atoms with Crippen LogP contribution in [-0.2, 0) is 4.79 Å². The molecule has 0 rings (SSSR count). The molecule has 4 N–H and O–H groups in total. The number of amides is 1. The molecule has 0 aromatic rings. The largest absolute Gasteiger partial charge is 0.394 e. The second-order valence-corrected chi connectivity index (χ2v) is 17.4. The van der Waals surface area contributed by atoms with E-state index in [9.17, 15) is 20.1 Å². The van der Waals surface area contributed by atoms with Crippen LogP contribution in [0.25, 0.3) is 0 Å². The maximum Gasteiger partial charge on any atom is 0.222 e. The van der Waals surface area contributed by atoms with Gasteiger partial charge >= 0.3 is 0 Å². The van der Waals surface area contributed by atoms with E-state index in [-0.39, 0.29) is 18.9 Å². The minimum Gasteiger partial charge on any atom is -0.394 e. The monoisotopic (exact) mass is 778 g/mol. The van der Waals surface area contributed by atoms with Gasteiger partial charge in [-0.25, -0.2) is 0 Å². The van der Waals surface area contributed by atoms with Gasteiger partial charge < -0.3 is 20.6 Å². The maximum absolute atomic E-state index is 12.5. The summed E-state index contributed by atoms with van der Waals surface area (Å²) in [5, 5.41) is 33.5. The van der Waals surface area contributed by atoms with Crippen molar-refractivity contribution < 1.29 is 20.1 Å². The zero-order chi connectivity index (χ0) is 40.1. The second kappa shape index (κ2) is 45.8. The first-order valence-electron chi connectivity index (χ1n) is 25.0. The van der Waals surface area contributed by atoms with E-state index >= 15 is 0 Å². The molecule has 0 aromatic heterocycles. The highest BCUT2D eigenvalue weighted by Crippen LogP contribution is 2.17. The molecule has 0 aliphatic carbocycles. The molecular weight excluding hydrogens is 679 g/mol.